The summed E-state index contributed by atoms with van der Waals surface area (Å²) in [5, 5.41) is 5.27. The van der Waals surface area contributed by atoms with Crippen molar-refractivity contribution >= 4 is 45.0 Å². The van der Waals surface area contributed by atoms with E-state index in [0.29, 0.717) is 6.54 Å². The predicted molar refractivity (Wildman–Crippen MR) is 209 cm³/mol. The van der Waals surface area contributed by atoms with E-state index in [9.17, 15) is 9.59 Å². The topological polar surface area (TPSA) is 125 Å². The van der Waals surface area contributed by atoms with Gasteiger partial charge in [-0.15, -0.1) is 0 Å². The van der Waals surface area contributed by atoms with Gasteiger partial charge in [0.1, 0.15) is 22.9 Å². The quantitative estimate of drug-likeness (QED) is 0.163. The number of imidazole rings is 2. The maximum absolute atomic E-state index is 13.0. The largest absolute Gasteiger partial charge is 0.444 e. The van der Waals surface area contributed by atoms with E-state index in [2.05, 4.69) is 88.1 Å². The first-order valence-electron chi connectivity index (χ1n) is 18.8. The van der Waals surface area contributed by atoms with Crippen LogP contribution in [-0.4, -0.2) is 60.8 Å². The molecule has 1 aliphatic carbocycles. The molecule has 2 fully saturated rings. The molecule has 3 N–H and O–H groups in total. The third-order valence-electron chi connectivity index (χ3n) is 10.3. The average molecular weight is 713 g/mol. The molecule has 3 heterocycles. The molecule has 6 aromatic rings. The van der Waals surface area contributed by atoms with E-state index in [0.717, 1.165) is 98.8 Å². The van der Waals surface area contributed by atoms with Gasteiger partial charge in [-0.05, 0) is 119 Å². The Bertz CT molecular complexity index is 2330. The molecule has 10 heteroatoms. The summed E-state index contributed by atoms with van der Waals surface area (Å²) in [6.07, 6.45) is 4.00. The molecular formula is C43H48N6O4. The number of hydrogen-bond donors (Lipinski definition) is 3. The van der Waals surface area contributed by atoms with Gasteiger partial charge >= 0.3 is 12.2 Å². The molecule has 274 valence electrons. The fraction of sp³-hybridized carbons (Fsp3) is 0.395. The first kappa shape index (κ1) is 34.7. The second-order valence-corrected chi connectivity index (χ2v) is 16.6. The standard InChI is InChI=1S/C43H48N6O4/c1-42(2,3)52-40(50)47-32-10-7-9-31(32)38-44-33-20-17-28(24-35(33)46-38)26-14-12-25(13-15-26)27-16-19-30-29(23-27)18-21-34-37(30)48-39(45-34)36-11-8-22-49(36)41(51)53-43(4,5)6/h12-21,23-24,31-32,36H,7-11,22H2,1-6H3,(H,44,46)(H,45,48)(H,47,50)/t31-,32+,36+/m1/s1. The number of ether oxygens (including phenoxy) is 2. The number of carbonyl (C=O) groups is 2. The van der Waals surface area contributed by atoms with Crippen LogP contribution in [0.5, 0.6) is 0 Å². The molecule has 10 nitrogen and oxygen atoms in total. The molecule has 53 heavy (non-hydrogen) atoms. The highest BCUT2D eigenvalue weighted by atomic mass is 16.6. The minimum atomic E-state index is -0.545. The minimum Gasteiger partial charge on any atom is -0.444 e. The summed E-state index contributed by atoms with van der Waals surface area (Å²) >= 11 is 0. The maximum Gasteiger partial charge on any atom is 0.410 e. The summed E-state index contributed by atoms with van der Waals surface area (Å²) in [4.78, 5) is 44.3. The van der Waals surface area contributed by atoms with E-state index in [4.69, 9.17) is 19.4 Å². The number of alkyl carbamates (subject to hydrolysis) is 1. The van der Waals surface area contributed by atoms with Gasteiger partial charge in [0.15, 0.2) is 0 Å². The molecule has 0 bridgehead atoms. The van der Waals surface area contributed by atoms with Crippen LogP contribution < -0.4 is 5.32 Å². The van der Waals surface area contributed by atoms with Gasteiger partial charge < -0.3 is 24.8 Å². The number of hydrogen-bond acceptors (Lipinski definition) is 6. The van der Waals surface area contributed by atoms with Gasteiger partial charge in [-0.1, -0.05) is 55.0 Å². The highest BCUT2D eigenvalue weighted by Crippen LogP contribution is 2.37. The van der Waals surface area contributed by atoms with Gasteiger partial charge in [-0.3, -0.25) is 4.90 Å². The van der Waals surface area contributed by atoms with Crippen molar-refractivity contribution in [2.45, 2.75) is 103 Å². The Morgan fingerprint density at radius 3 is 2.13 bits per heavy atom. The van der Waals surface area contributed by atoms with Crippen molar-refractivity contribution in [3.8, 4) is 22.3 Å². The first-order valence-corrected chi connectivity index (χ1v) is 18.8. The van der Waals surface area contributed by atoms with Crippen LogP contribution in [-0.2, 0) is 9.47 Å². The summed E-state index contributed by atoms with van der Waals surface area (Å²) in [5.74, 6) is 1.83. The fourth-order valence-corrected chi connectivity index (χ4v) is 7.91. The summed E-state index contributed by atoms with van der Waals surface area (Å²) in [5.41, 5.74) is 7.18. The van der Waals surface area contributed by atoms with Gasteiger partial charge in [0.2, 0.25) is 0 Å². The number of amides is 2. The lowest BCUT2D eigenvalue weighted by Crippen LogP contribution is -2.40. The number of rotatable bonds is 5. The van der Waals surface area contributed by atoms with Gasteiger partial charge in [0, 0.05) is 23.9 Å². The Balaban J connectivity index is 0.992. The number of benzene rings is 4. The molecule has 1 aliphatic heterocycles. The number of aromatic amines is 2. The van der Waals surface area contributed by atoms with Crippen LogP contribution >= 0.6 is 0 Å². The van der Waals surface area contributed by atoms with Crippen LogP contribution in [0.2, 0.25) is 0 Å². The van der Waals surface area contributed by atoms with Crippen molar-refractivity contribution in [3.05, 3.63) is 84.4 Å². The molecule has 3 atom stereocenters. The van der Waals surface area contributed by atoms with Crippen LogP contribution in [0, 0.1) is 0 Å². The molecule has 2 aromatic heterocycles. The Labute approximate surface area is 309 Å². The van der Waals surface area contributed by atoms with Gasteiger partial charge in [-0.25, -0.2) is 19.6 Å². The maximum atomic E-state index is 13.0. The Morgan fingerprint density at radius 2 is 1.40 bits per heavy atom. The number of carbonyl (C=O) groups excluding carboxylic acids is 2. The normalized spacial score (nSPS) is 19.4. The molecule has 0 spiro atoms. The second kappa shape index (κ2) is 13.2. The minimum absolute atomic E-state index is 0.0102. The number of H-pyrrole nitrogens is 2. The molecule has 0 radical (unpaired) electrons. The molecule has 0 unspecified atom stereocenters. The molecule has 4 aromatic carbocycles. The third-order valence-corrected chi connectivity index (χ3v) is 10.3. The number of likely N-dealkylation sites (tertiary alicyclic amines) is 1. The second-order valence-electron chi connectivity index (χ2n) is 16.6. The number of nitrogens with one attached hydrogen (secondary N) is 3. The highest BCUT2D eigenvalue weighted by molar-refractivity contribution is 6.05. The van der Waals surface area contributed by atoms with Crippen LogP contribution in [0.4, 0.5) is 9.59 Å². The van der Waals surface area contributed by atoms with E-state index in [1.807, 2.05) is 41.5 Å². The van der Waals surface area contributed by atoms with E-state index >= 15 is 0 Å². The van der Waals surface area contributed by atoms with Crippen molar-refractivity contribution in [2.24, 2.45) is 0 Å². The van der Waals surface area contributed by atoms with Gasteiger partial charge in [0.05, 0.1) is 28.1 Å². The Hall–Kier alpha value is -5.38. The molecule has 2 amide bonds. The molecular weight excluding hydrogens is 665 g/mol. The van der Waals surface area contributed by atoms with Crippen molar-refractivity contribution in [1.82, 2.24) is 30.2 Å². The zero-order valence-electron chi connectivity index (χ0n) is 31.4. The summed E-state index contributed by atoms with van der Waals surface area (Å²) in [6.45, 7) is 12.0. The fourth-order valence-electron chi connectivity index (χ4n) is 7.91. The molecule has 8 rings (SSSR count). The third kappa shape index (κ3) is 7.19. The number of nitrogens with zero attached hydrogens (tertiary/aromatic N) is 3. The van der Waals surface area contributed by atoms with Crippen molar-refractivity contribution in [3.63, 3.8) is 0 Å². The Kier molecular flexibility index (Phi) is 8.66. The van der Waals surface area contributed by atoms with Crippen LogP contribution in [0.1, 0.15) is 97.3 Å². The monoisotopic (exact) mass is 712 g/mol. The predicted octanol–water partition coefficient (Wildman–Crippen LogP) is 10.2. The molecule has 1 saturated carbocycles. The van der Waals surface area contributed by atoms with E-state index in [1.165, 1.54) is 0 Å². The highest BCUT2D eigenvalue weighted by Gasteiger charge is 2.36. The lowest BCUT2D eigenvalue weighted by atomic mass is 9.98. The summed E-state index contributed by atoms with van der Waals surface area (Å²) in [7, 11) is 0. The van der Waals surface area contributed by atoms with Gasteiger partial charge in [0.25, 0.3) is 0 Å². The van der Waals surface area contributed by atoms with Crippen molar-refractivity contribution in [2.75, 3.05) is 6.54 Å². The van der Waals surface area contributed by atoms with Crippen LogP contribution in [0.3, 0.4) is 0 Å². The average Bonchev–Trinajstić information content (AvgIpc) is 3.91. The lowest BCUT2D eigenvalue weighted by Gasteiger charge is -2.27. The summed E-state index contributed by atoms with van der Waals surface area (Å²) in [6, 6.07) is 25.6. The van der Waals surface area contributed by atoms with E-state index in [1.54, 1.807) is 4.90 Å². The van der Waals surface area contributed by atoms with Gasteiger partial charge in [-0.2, -0.15) is 0 Å². The lowest BCUT2D eigenvalue weighted by molar-refractivity contribution is 0.0218. The zero-order valence-corrected chi connectivity index (χ0v) is 31.4. The SMILES string of the molecule is CC(C)(C)OC(=O)N[C@H]1CCC[C@H]1c1nc2ccc(-c3ccc(-c4ccc5c(ccc6[nH]c([C@@H]7CCCN7C(=O)OC(C)(C)C)nc65)c4)cc3)cc2[nH]1. The van der Waals surface area contributed by atoms with E-state index in [-0.39, 0.29) is 30.2 Å². The number of fused-ring (bicyclic) bond motifs is 4. The van der Waals surface area contributed by atoms with Crippen molar-refractivity contribution in [1.29, 1.82) is 0 Å². The van der Waals surface area contributed by atoms with Crippen LogP contribution in [0.25, 0.3) is 55.1 Å². The smallest absolute Gasteiger partial charge is 0.410 e. The van der Waals surface area contributed by atoms with Crippen LogP contribution in [0.15, 0.2) is 72.8 Å². The number of aromatic nitrogens is 4. The van der Waals surface area contributed by atoms with Crippen molar-refractivity contribution < 1.29 is 19.1 Å². The first-order chi connectivity index (χ1) is 25.3. The molecule has 2 aliphatic rings. The van der Waals surface area contributed by atoms with E-state index < -0.39 is 11.2 Å². The zero-order chi connectivity index (χ0) is 37.1. The molecule has 1 saturated heterocycles. The Morgan fingerprint density at radius 1 is 0.717 bits per heavy atom. The summed E-state index contributed by atoms with van der Waals surface area (Å²) < 4.78 is 11.2.